The van der Waals surface area contributed by atoms with Crippen LogP contribution < -0.4 is 10.2 Å². The maximum atomic E-state index is 14.0. The summed E-state index contributed by atoms with van der Waals surface area (Å²) in [6.07, 6.45) is -0.758. The van der Waals surface area contributed by atoms with Crippen LogP contribution in [0.4, 0.5) is 10.1 Å². The number of fused-ring (bicyclic) bond motifs is 1. The lowest BCUT2D eigenvalue weighted by Gasteiger charge is -2.43. The van der Waals surface area contributed by atoms with E-state index in [2.05, 4.69) is 42.8 Å². The fraction of sp³-hybridized carbons (Fsp3) is 0.613. The molecule has 41 heavy (non-hydrogen) atoms. The molecule has 0 spiro atoms. The number of carbonyl (C=O) groups excluding carboxylic acids is 1. The third kappa shape index (κ3) is 6.63. The Morgan fingerprint density at radius 1 is 1.24 bits per heavy atom. The van der Waals surface area contributed by atoms with E-state index in [1.807, 2.05) is 11.0 Å². The molecule has 5 rings (SSSR count). The van der Waals surface area contributed by atoms with Crippen LogP contribution in [0.1, 0.15) is 56.3 Å². The van der Waals surface area contributed by atoms with Crippen molar-refractivity contribution in [2.24, 2.45) is 0 Å². The molecule has 3 aliphatic rings. The zero-order valence-electron chi connectivity index (χ0n) is 24.6. The Hall–Kier alpha value is -2.47. The van der Waals surface area contributed by atoms with Crippen molar-refractivity contribution in [1.82, 2.24) is 20.1 Å². The van der Waals surface area contributed by atoms with Crippen LogP contribution in [0.2, 0.25) is 0 Å². The number of aliphatic hydroxyl groups is 2. The average molecular weight is 570 g/mol. The van der Waals surface area contributed by atoms with Crippen molar-refractivity contribution in [3.05, 3.63) is 58.7 Å². The van der Waals surface area contributed by atoms with Gasteiger partial charge in [0, 0.05) is 56.3 Å². The van der Waals surface area contributed by atoms with Gasteiger partial charge in [-0.05, 0) is 49.6 Å². The molecule has 2 aromatic rings. The summed E-state index contributed by atoms with van der Waals surface area (Å²) in [7, 11) is 0. The summed E-state index contributed by atoms with van der Waals surface area (Å²) < 4.78 is 19.2. The van der Waals surface area contributed by atoms with Crippen molar-refractivity contribution in [3.63, 3.8) is 0 Å². The van der Waals surface area contributed by atoms with Crippen molar-refractivity contribution in [1.29, 1.82) is 0 Å². The first-order chi connectivity index (χ1) is 19.6. The van der Waals surface area contributed by atoms with Crippen molar-refractivity contribution in [2.45, 2.75) is 63.8 Å². The van der Waals surface area contributed by atoms with Crippen LogP contribution in [0.5, 0.6) is 0 Å². The second-order valence-electron chi connectivity index (χ2n) is 12.6. The van der Waals surface area contributed by atoms with Gasteiger partial charge in [-0.2, -0.15) is 0 Å². The average Bonchev–Trinajstić information content (AvgIpc) is 3.21. The molecule has 0 saturated carbocycles. The summed E-state index contributed by atoms with van der Waals surface area (Å²) in [4.78, 5) is 25.5. The van der Waals surface area contributed by atoms with Crippen molar-refractivity contribution < 1.29 is 24.1 Å². The van der Waals surface area contributed by atoms with Gasteiger partial charge in [-0.15, -0.1) is 0 Å². The van der Waals surface area contributed by atoms with Crippen LogP contribution in [0.3, 0.4) is 0 Å². The first-order valence-electron chi connectivity index (χ1n) is 14.7. The van der Waals surface area contributed by atoms with Gasteiger partial charge in [0.05, 0.1) is 43.4 Å². The summed E-state index contributed by atoms with van der Waals surface area (Å²) >= 11 is 0. The number of amides is 1. The van der Waals surface area contributed by atoms with Gasteiger partial charge in [0.2, 0.25) is 5.91 Å². The highest BCUT2D eigenvalue weighted by Crippen LogP contribution is 2.41. The Bertz CT molecular complexity index is 1230. The summed E-state index contributed by atoms with van der Waals surface area (Å²) in [5, 5.41) is 24.0. The molecular weight excluding hydrogens is 525 g/mol. The molecule has 0 bridgehead atoms. The van der Waals surface area contributed by atoms with E-state index >= 15 is 0 Å². The van der Waals surface area contributed by atoms with Gasteiger partial charge in [-0.25, -0.2) is 4.39 Å². The molecule has 10 heteroatoms. The predicted molar refractivity (Wildman–Crippen MR) is 156 cm³/mol. The number of aromatic nitrogens is 1. The third-order valence-electron chi connectivity index (χ3n) is 8.71. The Morgan fingerprint density at radius 2 is 2.00 bits per heavy atom. The lowest BCUT2D eigenvalue weighted by atomic mass is 9.90. The number of ether oxygens (including phenoxy) is 1. The minimum absolute atomic E-state index is 0.0240. The Kier molecular flexibility index (Phi) is 9.08. The number of pyridine rings is 1. The number of benzene rings is 1. The number of hydrogen-bond donors (Lipinski definition) is 3. The lowest BCUT2D eigenvalue weighted by molar-refractivity contribution is -0.121. The second kappa shape index (κ2) is 12.4. The fourth-order valence-corrected chi connectivity index (χ4v) is 6.35. The maximum Gasteiger partial charge on any atom is 0.241 e. The Labute approximate surface area is 242 Å². The molecule has 4 atom stereocenters. The molecule has 2 fully saturated rings. The summed E-state index contributed by atoms with van der Waals surface area (Å²) in [6, 6.07) is 8.98. The van der Waals surface area contributed by atoms with Crippen LogP contribution in [0, 0.1) is 5.82 Å². The first-order valence-corrected chi connectivity index (χ1v) is 14.7. The topological polar surface area (TPSA) is 101 Å². The summed E-state index contributed by atoms with van der Waals surface area (Å²) in [5.41, 5.74) is 3.01. The van der Waals surface area contributed by atoms with Crippen molar-refractivity contribution >= 4 is 11.6 Å². The molecule has 3 aliphatic heterocycles. The van der Waals surface area contributed by atoms with E-state index < -0.39 is 18.1 Å². The molecule has 1 amide bonds. The van der Waals surface area contributed by atoms with E-state index in [0.717, 1.165) is 56.3 Å². The molecule has 0 radical (unpaired) electrons. The van der Waals surface area contributed by atoms with Crippen LogP contribution in [-0.4, -0.2) is 108 Å². The fourth-order valence-electron chi connectivity index (χ4n) is 6.35. The summed E-state index contributed by atoms with van der Waals surface area (Å²) in [5.74, 6) is -0.297. The number of aliphatic hydroxyl groups excluding tert-OH is 2. The van der Waals surface area contributed by atoms with Crippen LogP contribution in [0.25, 0.3) is 0 Å². The van der Waals surface area contributed by atoms with Crippen molar-refractivity contribution in [2.75, 3.05) is 64.0 Å². The van der Waals surface area contributed by atoms with Crippen LogP contribution in [0.15, 0.2) is 30.3 Å². The maximum absolute atomic E-state index is 14.0. The zero-order valence-corrected chi connectivity index (χ0v) is 24.6. The molecule has 3 N–H and O–H groups in total. The SMILES string of the molecule is C[C@@H]1CN(CC(=O)N2CC(C)(C)c3nc([C@H](O)CO)c(Cc4ccc(F)cc4)cc32)[C@@H](CN2CCOC[C@H]2C)CN1. The van der Waals surface area contributed by atoms with Gasteiger partial charge >= 0.3 is 0 Å². The number of rotatable bonds is 8. The van der Waals surface area contributed by atoms with E-state index in [9.17, 15) is 19.4 Å². The zero-order chi connectivity index (χ0) is 29.3. The van der Waals surface area contributed by atoms with E-state index in [1.165, 1.54) is 12.1 Å². The van der Waals surface area contributed by atoms with E-state index in [-0.39, 0.29) is 23.8 Å². The van der Waals surface area contributed by atoms with Gasteiger partial charge in [0.25, 0.3) is 0 Å². The molecule has 2 saturated heterocycles. The van der Waals surface area contributed by atoms with Gasteiger partial charge in [0.15, 0.2) is 0 Å². The quantitative estimate of drug-likeness (QED) is 0.443. The van der Waals surface area contributed by atoms with E-state index in [4.69, 9.17) is 9.72 Å². The standard InChI is InChI=1S/C31H44FN5O4/c1-20-14-36(25(13-33-20)15-35-9-10-41-18-21(35)2)16-28(40)37-19-31(3,4)30-26(37)12-23(29(34-30)27(39)17-38)11-22-5-7-24(32)8-6-22/h5-8,12,20-21,25,27,33,38-39H,9-11,13-19H2,1-4H3/t20-,21-,25-,27-/m1/s1. The minimum Gasteiger partial charge on any atom is -0.393 e. The molecule has 0 unspecified atom stereocenters. The van der Waals surface area contributed by atoms with Gasteiger partial charge in [0.1, 0.15) is 11.9 Å². The molecule has 1 aromatic carbocycles. The molecular formula is C31H44FN5O4. The molecule has 1 aromatic heterocycles. The number of nitrogens with one attached hydrogen (secondary N) is 1. The highest BCUT2D eigenvalue weighted by atomic mass is 19.1. The number of nitrogens with zero attached hydrogens (tertiary/aromatic N) is 4. The highest BCUT2D eigenvalue weighted by molar-refractivity contribution is 5.97. The minimum atomic E-state index is -1.15. The molecule has 9 nitrogen and oxygen atoms in total. The summed E-state index contributed by atoms with van der Waals surface area (Å²) in [6.45, 7) is 13.6. The van der Waals surface area contributed by atoms with Crippen molar-refractivity contribution in [3.8, 4) is 0 Å². The molecule has 0 aliphatic carbocycles. The lowest BCUT2D eigenvalue weighted by Crippen LogP contribution is -2.62. The van der Waals surface area contributed by atoms with Crippen LogP contribution in [-0.2, 0) is 21.4 Å². The van der Waals surface area contributed by atoms with Crippen LogP contribution >= 0.6 is 0 Å². The van der Waals surface area contributed by atoms with Gasteiger partial charge in [-0.1, -0.05) is 26.0 Å². The Morgan fingerprint density at radius 3 is 2.71 bits per heavy atom. The number of anilines is 1. The number of piperazine rings is 1. The predicted octanol–water partition coefficient (Wildman–Crippen LogP) is 1.84. The first kappa shape index (κ1) is 30.0. The molecule has 4 heterocycles. The number of morpholine rings is 1. The van der Waals surface area contributed by atoms with E-state index in [1.54, 1.807) is 12.1 Å². The number of halogens is 1. The second-order valence-corrected chi connectivity index (χ2v) is 12.6. The monoisotopic (exact) mass is 569 g/mol. The number of hydrogen-bond acceptors (Lipinski definition) is 8. The third-order valence-corrected chi connectivity index (χ3v) is 8.71. The highest BCUT2D eigenvalue weighted by Gasteiger charge is 2.42. The van der Waals surface area contributed by atoms with Gasteiger partial charge in [-0.3, -0.25) is 19.6 Å². The Balaban J connectivity index is 1.41. The molecule has 224 valence electrons. The van der Waals surface area contributed by atoms with Gasteiger partial charge < -0.3 is 25.2 Å². The number of carbonyl (C=O) groups is 1. The smallest absolute Gasteiger partial charge is 0.241 e. The largest absolute Gasteiger partial charge is 0.393 e. The van der Waals surface area contributed by atoms with E-state index in [0.29, 0.717) is 36.8 Å². The normalized spacial score (nSPS) is 25.7.